The zero-order chi connectivity index (χ0) is 23.8. The third-order valence-electron chi connectivity index (χ3n) is 6.80. The van der Waals surface area contributed by atoms with Crippen LogP contribution in [0.3, 0.4) is 0 Å². The van der Waals surface area contributed by atoms with Crippen LogP contribution in [0, 0.1) is 5.92 Å². The van der Waals surface area contributed by atoms with Crippen LogP contribution in [0.15, 0.2) is 59.5 Å². The van der Waals surface area contributed by atoms with Crippen molar-refractivity contribution in [3.05, 3.63) is 92.4 Å². The Morgan fingerprint density at radius 2 is 1.76 bits per heavy atom. The fraction of sp³-hybridized carbons (Fsp3) is 0.269. The van der Waals surface area contributed by atoms with Crippen molar-refractivity contribution in [1.82, 2.24) is 4.90 Å². The third-order valence-corrected chi connectivity index (χ3v) is 7.47. The van der Waals surface area contributed by atoms with Crippen LogP contribution >= 0.6 is 27.5 Å². The molecular formula is C26H25BrClN3O3+2. The lowest BCUT2D eigenvalue weighted by Gasteiger charge is -2.35. The van der Waals surface area contributed by atoms with E-state index in [2.05, 4.69) is 28.1 Å². The quantitative estimate of drug-likeness (QED) is 0.384. The lowest BCUT2D eigenvalue weighted by molar-refractivity contribution is -0.910. The van der Waals surface area contributed by atoms with E-state index in [1.165, 1.54) is 17.1 Å². The Hall–Kier alpha value is -2.90. The largest absolute Gasteiger partial charge is 0.342 e. The molecular weight excluding hydrogens is 518 g/mol. The van der Waals surface area contributed by atoms with Crippen LogP contribution in [0.4, 0.5) is 0 Å². The van der Waals surface area contributed by atoms with Gasteiger partial charge >= 0.3 is 0 Å². The van der Waals surface area contributed by atoms with Crippen LogP contribution in [0.2, 0.25) is 5.02 Å². The summed E-state index contributed by atoms with van der Waals surface area (Å²) in [5.41, 5.74) is 4.87. The number of pyridine rings is 2. The van der Waals surface area contributed by atoms with E-state index >= 15 is 0 Å². The number of likely N-dealkylation sites (tertiary alicyclic amines) is 1. The smallest absolute Gasteiger partial charge is 0.249 e. The van der Waals surface area contributed by atoms with Crippen molar-refractivity contribution in [2.24, 2.45) is 5.92 Å². The fourth-order valence-electron chi connectivity index (χ4n) is 5.15. The molecule has 0 unspecified atom stereocenters. The Labute approximate surface area is 211 Å². The molecule has 2 N–H and O–H groups in total. The molecule has 6 nitrogen and oxygen atoms in total. The first-order valence-corrected chi connectivity index (χ1v) is 12.5. The van der Waals surface area contributed by atoms with Gasteiger partial charge in [-0.1, -0.05) is 23.7 Å². The number of rotatable bonds is 3. The highest BCUT2D eigenvalue weighted by Crippen LogP contribution is 2.42. The van der Waals surface area contributed by atoms with E-state index in [0.29, 0.717) is 24.5 Å². The maximum atomic E-state index is 12.9. The van der Waals surface area contributed by atoms with E-state index in [0.717, 1.165) is 50.0 Å². The highest BCUT2D eigenvalue weighted by molar-refractivity contribution is 9.10. The summed E-state index contributed by atoms with van der Waals surface area (Å²) in [5.74, 6) is 0.319. The molecule has 0 radical (unpaired) electrons. The molecule has 0 bridgehead atoms. The van der Waals surface area contributed by atoms with Crippen LogP contribution in [0.5, 0.6) is 0 Å². The fourth-order valence-corrected chi connectivity index (χ4v) is 5.77. The van der Waals surface area contributed by atoms with Crippen LogP contribution in [-0.4, -0.2) is 34.3 Å². The number of carbonyl (C=O) groups excluding carboxylic acids is 1. The van der Waals surface area contributed by atoms with Crippen molar-refractivity contribution < 1.29 is 24.7 Å². The molecule has 3 aromatic rings. The topological polar surface area (TPSA) is 68.5 Å². The van der Waals surface area contributed by atoms with Gasteiger partial charge in [-0.05, 0) is 75.7 Å². The molecule has 3 heterocycles. The number of halogens is 2. The summed E-state index contributed by atoms with van der Waals surface area (Å²) in [6.07, 6.45) is 10.8. The van der Waals surface area contributed by atoms with Gasteiger partial charge in [0.05, 0.1) is 16.8 Å². The summed E-state index contributed by atoms with van der Waals surface area (Å²) in [7, 11) is 0. The summed E-state index contributed by atoms with van der Waals surface area (Å²) < 4.78 is 3.00. The van der Waals surface area contributed by atoms with Crippen molar-refractivity contribution in [3.8, 4) is 0 Å². The number of aromatic nitrogens is 2. The second kappa shape index (κ2) is 9.39. The molecule has 174 valence electrons. The second-order valence-electron chi connectivity index (χ2n) is 8.91. The highest BCUT2D eigenvalue weighted by Gasteiger charge is 2.39. The predicted molar refractivity (Wildman–Crippen MR) is 131 cm³/mol. The van der Waals surface area contributed by atoms with Crippen LogP contribution in [-0.2, 0) is 11.2 Å². The number of carbonyl (C=O) groups is 1. The van der Waals surface area contributed by atoms with Gasteiger partial charge in [0.2, 0.25) is 30.2 Å². The van der Waals surface area contributed by atoms with Crippen molar-refractivity contribution in [1.29, 1.82) is 0 Å². The number of benzene rings is 1. The highest BCUT2D eigenvalue weighted by atomic mass is 79.9. The molecule has 34 heavy (non-hydrogen) atoms. The van der Waals surface area contributed by atoms with Gasteiger partial charge in [0.15, 0.2) is 0 Å². The lowest BCUT2D eigenvalue weighted by atomic mass is 9.76. The average Bonchev–Trinajstić information content (AvgIpc) is 2.97. The normalized spacial score (nSPS) is 17.7. The van der Waals surface area contributed by atoms with Crippen molar-refractivity contribution in [3.63, 3.8) is 0 Å². The Bertz CT molecular complexity index is 1270. The minimum absolute atomic E-state index is 0.0262. The van der Waals surface area contributed by atoms with E-state index in [4.69, 9.17) is 11.6 Å². The maximum absolute atomic E-state index is 12.9. The Kier molecular flexibility index (Phi) is 6.32. The van der Waals surface area contributed by atoms with E-state index in [1.54, 1.807) is 18.3 Å². The zero-order valence-corrected chi connectivity index (χ0v) is 20.8. The summed E-state index contributed by atoms with van der Waals surface area (Å²) >= 11 is 9.79. The van der Waals surface area contributed by atoms with Crippen molar-refractivity contribution in [2.45, 2.75) is 25.2 Å². The van der Waals surface area contributed by atoms with Crippen LogP contribution < -0.4 is 9.46 Å². The summed E-state index contributed by atoms with van der Waals surface area (Å²) in [4.78, 5) is 14.8. The number of fused-ring (bicyclic) bond motifs is 2. The molecule has 0 saturated carbocycles. The van der Waals surface area contributed by atoms with Gasteiger partial charge in [-0.25, -0.2) is 0 Å². The van der Waals surface area contributed by atoms with Crippen LogP contribution in [0.1, 0.15) is 46.7 Å². The first kappa shape index (κ1) is 22.9. The SMILES string of the molecule is O=C(Cc1cc[n+](O)cc1)N1CCC([C@H]2c3ccc(Cl)cc3C=Cc3cc(Br)c[n+](O)c32)CC1. The van der Waals surface area contributed by atoms with Gasteiger partial charge in [-0.15, -0.1) is 0 Å². The molecule has 8 heteroatoms. The Morgan fingerprint density at radius 1 is 1.06 bits per heavy atom. The van der Waals surface area contributed by atoms with E-state index in [1.807, 2.05) is 29.2 Å². The summed E-state index contributed by atoms with van der Waals surface area (Å²) in [5, 5.41) is 21.0. The monoisotopic (exact) mass is 541 g/mol. The zero-order valence-electron chi connectivity index (χ0n) is 18.4. The molecule has 1 aliphatic heterocycles. The molecule has 1 saturated heterocycles. The summed E-state index contributed by atoms with van der Waals surface area (Å²) in [6.45, 7) is 1.33. The van der Waals surface area contributed by atoms with Gasteiger partial charge in [0.25, 0.3) is 0 Å². The number of amides is 1. The number of hydrogen-bond acceptors (Lipinski definition) is 3. The van der Waals surface area contributed by atoms with Crippen molar-refractivity contribution in [2.75, 3.05) is 13.1 Å². The Morgan fingerprint density at radius 3 is 2.50 bits per heavy atom. The average molecular weight is 543 g/mol. The molecule has 2 aliphatic rings. The molecule has 0 spiro atoms. The molecule has 2 aromatic heterocycles. The summed E-state index contributed by atoms with van der Waals surface area (Å²) in [6, 6.07) is 11.5. The lowest BCUT2D eigenvalue weighted by Crippen LogP contribution is -2.44. The van der Waals surface area contributed by atoms with E-state index in [-0.39, 0.29) is 17.7 Å². The van der Waals surface area contributed by atoms with E-state index < -0.39 is 0 Å². The molecule has 1 fully saturated rings. The van der Waals surface area contributed by atoms with Crippen LogP contribution in [0.25, 0.3) is 12.2 Å². The number of nitrogens with zero attached hydrogens (tertiary/aromatic N) is 3. The van der Waals surface area contributed by atoms with Crippen molar-refractivity contribution >= 4 is 45.6 Å². The van der Waals surface area contributed by atoms with Gasteiger partial charge in [-0.2, -0.15) is 0 Å². The molecule has 1 amide bonds. The van der Waals surface area contributed by atoms with Gasteiger partial charge in [0.1, 0.15) is 0 Å². The van der Waals surface area contributed by atoms with Gasteiger partial charge in [0, 0.05) is 45.3 Å². The number of piperidine rings is 1. The van der Waals surface area contributed by atoms with E-state index in [9.17, 15) is 15.2 Å². The number of hydrogen-bond donors (Lipinski definition) is 2. The standard InChI is InChI=1S/C26H25BrClN3O3/c27-21-14-20-2-1-19-15-22(28)3-4-23(19)25(26(20)31(34)16-21)18-7-9-29(10-8-18)24(32)13-17-5-11-30(33)12-6-17/h1-6,11-12,14-16,18,25,33-34H,7-10,13H2/q+2/t25-/m0/s1. The first-order valence-electron chi connectivity index (χ1n) is 11.3. The molecule has 1 aromatic carbocycles. The predicted octanol–water partition coefficient (Wildman–Crippen LogP) is 4.25. The minimum Gasteiger partial charge on any atom is -0.342 e. The van der Waals surface area contributed by atoms with Gasteiger partial charge in [-0.3, -0.25) is 15.2 Å². The minimum atomic E-state index is -0.0262. The van der Waals surface area contributed by atoms with Gasteiger partial charge < -0.3 is 4.90 Å². The first-order chi connectivity index (χ1) is 16.4. The molecule has 5 rings (SSSR count). The molecule has 1 aliphatic carbocycles. The Balaban J connectivity index is 1.40. The third kappa shape index (κ3) is 4.55. The molecule has 1 atom stereocenters. The maximum Gasteiger partial charge on any atom is 0.249 e. The second-order valence-corrected chi connectivity index (χ2v) is 10.3.